The molecule has 94 valence electrons. The first-order valence-electron chi connectivity index (χ1n) is 5.38. The van der Waals surface area contributed by atoms with Crippen molar-refractivity contribution in [3.05, 3.63) is 28.8 Å². The molecule has 17 heavy (non-hydrogen) atoms. The Balaban J connectivity index is 2.67. The van der Waals surface area contributed by atoms with Gasteiger partial charge in [-0.05, 0) is 31.7 Å². The second kappa shape index (κ2) is 7.58. The van der Waals surface area contributed by atoms with E-state index in [1.807, 2.05) is 25.2 Å². The smallest absolute Gasteiger partial charge is 0.316 e. The molecule has 0 spiro atoms. The van der Waals surface area contributed by atoms with Crippen LogP contribution in [0.2, 0.25) is 5.02 Å². The number of carbonyl (C=O) groups is 1. The molecule has 0 amide bonds. The molecule has 0 fully saturated rings. The van der Waals surface area contributed by atoms with E-state index in [0.29, 0.717) is 17.4 Å². The third kappa shape index (κ3) is 4.98. The van der Waals surface area contributed by atoms with Crippen molar-refractivity contribution in [1.82, 2.24) is 5.32 Å². The summed E-state index contributed by atoms with van der Waals surface area (Å²) in [6, 6.07) is 5.69. The predicted octanol–water partition coefficient (Wildman–Crippen LogP) is 2.71. The van der Waals surface area contributed by atoms with Crippen LogP contribution in [0.1, 0.15) is 12.5 Å². The zero-order valence-corrected chi connectivity index (χ0v) is 11.5. The number of benzene rings is 1. The van der Waals surface area contributed by atoms with E-state index in [1.54, 1.807) is 6.92 Å². The Labute approximate surface area is 111 Å². The lowest BCUT2D eigenvalue weighted by Gasteiger charge is -2.09. The van der Waals surface area contributed by atoms with E-state index in [1.165, 1.54) is 11.8 Å². The lowest BCUT2D eigenvalue weighted by molar-refractivity contribution is -0.139. The summed E-state index contributed by atoms with van der Waals surface area (Å²) in [6.07, 6.45) is 0. The van der Waals surface area contributed by atoms with Crippen molar-refractivity contribution in [2.75, 3.05) is 19.4 Å². The van der Waals surface area contributed by atoms with Gasteiger partial charge in [-0.2, -0.15) is 0 Å². The van der Waals surface area contributed by atoms with E-state index in [9.17, 15) is 4.79 Å². The number of esters is 1. The van der Waals surface area contributed by atoms with Crippen LogP contribution >= 0.6 is 23.4 Å². The van der Waals surface area contributed by atoms with Gasteiger partial charge in [0, 0.05) is 16.5 Å². The molecule has 1 N–H and O–H groups in total. The highest BCUT2D eigenvalue weighted by molar-refractivity contribution is 8.00. The molecule has 0 atom stereocenters. The SMILES string of the molecule is CCOC(=O)CSc1cc(Cl)ccc1CNC. The number of hydrogen-bond donors (Lipinski definition) is 1. The third-order valence-corrected chi connectivity index (χ3v) is 3.35. The van der Waals surface area contributed by atoms with Gasteiger partial charge in [0.25, 0.3) is 0 Å². The van der Waals surface area contributed by atoms with Gasteiger partial charge in [0.2, 0.25) is 0 Å². The van der Waals surface area contributed by atoms with Gasteiger partial charge in [-0.3, -0.25) is 4.79 Å². The maximum absolute atomic E-state index is 11.3. The Morgan fingerprint density at radius 3 is 2.94 bits per heavy atom. The fourth-order valence-electron chi connectivity index (χ4n) is 1.34. The summed E-state index contributed by atoms with van der Waals surface area (Å²) in [5.41, 5.74) is 1.13. The van der Waals surface area contributed by atoms with Crippen LogP contribution in [0.25, 0.3) is 0 Å². The highest BCUT2D eigenvalue weighted by Gasteiger charge is 2.07. The standard InChI is InChI=1S/C12H16ClNO2S/c1-3-16-12(15)8-17-11-6-10(13)5-4-9(11)7-14-2/h4-6,14H,3,7-8H2,1-2H3. The topological polar surface area (TPSA) is 38.3 Å². The Morgan fingerprint density at radius 1 is 1.53 bits per heavy atom. The van der Waals surface area contributed by atoms with Gasteiger partial charge >= 0.3 is 5.97 Å². The average molecular weight is 274 g/mol. The maximum atomic E-state index is 11.3. The Morgan fingerprint density at radius 2 is 2.29 bits per heavy atom. The first-order chi connectivity index (χ1) is 8.17. The number of thioether (sulfide) groups is 1. The molecule has 0 unspecified atom stereocenters. The fraction of sp³-hybridized carbons (Fsp3) is 0.417. The van der Waals surface area contributed by atoms with Gasteiger partial charge in [-0.15, -0.1) is 11.8 Å². The Kier molecular flexibility index (Phi) is 6.40. The molecule has 0 bridgehead atoms. The summed E-state index contributed by atoms with van der Waals surface area (Å²) >= 11 is 7.39. The normalized spacial score (nSPS) is 10.3. The molecule has 0 aliphatic heterocycles. The van der Waals surface area contributed by atoms with Gasteiger partial charge in [0.15, 0.2) is 0 Å². The quantitative estimate of drug-likeness (QED) is 0.639. The van der Waals surface area contributed by atoms with Crippen LogP contribution in [0.5, 0.6) is 0 Å². The molecular formula is C12H16ClNO2S. The van der Waals surface area contributed by atoms with Crippen molar-refractivity contribution in [3.8, 4) is 0 Å². The largest absolute Gasteiger partial charge is 0.465 e. The molecule has 3 nitrogen and oxygen atoms in total. The average Bonchev–Trinajstić information content (AvgIpc) is 2.30. The Bertz CT molecular complexity index is 385. The molecule has 0 aliphatic carbocycles. The third-order valence-electron chi connectivity index (χ3n) is 2.05. The summed E-state index contributed by atoms with van der Waals surface area (Å²) < 4.78 is 4.89. The summed E-state index contributed by atoms with van der Waals surface area (Å²) in [7, 11) is 1.88. The van der Waals surface area contributed by atoms with Gasteiger partial charge in [0.1, 0.15) is 0 Å². The molecular weight excluding hydrogens is 258 g/mol. The second-order valence-electron chi connectivity index (χ2n) is 3.38. The van der Waals surface area contributed by atoms with Crippen molar-refractivity contribution in [3.63, 3.8) is 0 Å². The molecule has 0 saturated carbocycles. The van der Waals surface area contributed by atoms with Crippen molar-refractivity contribution in [1.29, 1.82) is 0 Å². The van der Waals surface area contributed by atoms with Crippen LogP contribution in [0.15, 0.2) is 23.1 Å². The number of halogens is 1. The van der Waals surface area contributed by atoms with E-state index < -0.39 is 0 Å². The minimum absolute atomic E-state index is 0.201. The van der Waals surface area contributed by atoms with E-state index in [4.69, 9.17) is 16.3 Å². The number of ether oxygens (including phenoxy) is 1. The molecule has 1 aromatic carbocycles. The van der Waals surface area contributed by atoms with Crippen molar-refractivity contribution in [2.45, 2.75) is 18.4 Å². The predicted molar refractivity (Wildman–Crippen MR) is 71.6 cm³/mol. The molecule has 0 saturated heterocycles. The minimum Gasteiger partial charge on any atom is -0.465 e. The molecule has 0 heterocycles. The summed E-state index contributed by atoms with van der Waals surface area (Å²) in [5.74, 6) is 0.109. The second-order valence-corrected chi connectivity index (χ2v) is 4.83. The van der Waals surface area contributed by atoms with Crippen molar-refractivity contribution >= 4 is 29.3 Å². The van der Waals surface area contributed by atoms with E-state index in [-0.39, 0.29) is 5.97 Å². The maximum Gasteiger partial charge on any atom is 0.316 e. The number of rotatable bonds is 6. The molecule has 0 radical (unpaired) electrons. The van der Waals surface area contributed by atoms with E-state index in [0.717, 1.165) is 17.0 Å². The van der Waals surface area contributed by atoms with Crippen LogP contribution in [0.4, 0.5) is 0 Å². The molecule has 1 rings (SSSR count). The van der Waals surface area contributed by atoms with Crippen LogP contribution in [0.3, 0.4) is 0 Å². The lowest BCUT2D eigenvalue weighted by Crippen LogP contribution is -2.09. The van der Waals surface area contributed by atoms with Crippen LogP contribution in [0, 0.1) is 0 Å². The van der Waals surface area contributed by atoms with Crippen molar-refractivity contribution in [2.24, 2.45) is 0 Å². The first kappa shape index (κ1) is 14.4. The van der Waals surface area contributed by atoms with Gasteiger partial charge in [-0.25, -0.2) is 0 Å². The number of carbonyl (C=O) groups excluding carboxylic acids is 1. The number of nitrogens with one attached hydrogen (secondary N) is 1. The van der Waals surface area contributed by atoms with Crippen LogP contribution in [-0.4, -0.2) is 25.4 Å². The summed E-state index contributed by atoms with van der Waals surface area (Å²) in [5, 5.41) is 3.76. The highest BCUT2D eigenvalue weighted by atomic mass is 35.5. The summed E-state index contributed by atoms with van der Waals surface area (Å²) in [4.78, 5) is 12.3. The molecule has 1 aromatic rings. The van der Waals surface area contributed by atoms with E-state index in [2.05, 4.69) is 5.32 Å². The Hall–Kier alpha value is -0.710. The highest BCUT2D eigenvalue weighted by Crippen LogP contribution is 2.26. The molecule has 5 heteroatoms. The van der Waals surface area contributed by atoms with E-state index >= 15 is 0 Å². The summed E-state index contributed by atoms with van der Waals surface area (Å²) in [6.45, 7) is 2.97. The number of hydrogen-bond acceptors (Lipinski definition) is 4. The van der Waals surface area contributed by atoms with Crippen molar-refractivity contribution < 1.29 is 9.53 Å². The minimum atomic E-state index is -0.201. The zero-order chi connectivity index (χ0) is 12.7. The molecule has 0 aliphatic rings. The lowest BCUT2D eigenvalue weighted by atomic mass is 10.2. The van der Waals surface area contributed by atoms with Crippen LogP contribution in [-0.2, 0) is 16.1 Å². The van der Waals surface area contributed by atoms with Crippen LogP contribution < -0.4 is 5.32 Å². The first-order valence-corrected chi connectivity index (χ1v) is 6.75. The monoisotopic (exact) mass is 273 g/mol. The zero-order valence-electron chi connectivity index (χ0n) is 9.96. The van der Waals surface area contributed by atoms with Gasteiger partial charge < -0.3 is 10.1 Å². The fourth-order valence-corrected chi connectivity index (χ4v) is 2.47. The van der Waals surface area contributed by atoms with Gasteiger partial charge in [0.05, 0.1) is 12.4 Å². The van der Waals surface area contributed by atoms with Gasteiger partial charge in [-0.1, -0.05) is 17.7 Å². The molecule has 0 aromatic heterocycles.